The van der Waals surface area contributed by atoms with Crippen molar-refractivity contribution >= 4 is 40.1 Å². The molecule has 0 spiro atoms. The number of non-ortho nitro benzene ring substituents is 1. The Labute approximate surface area is 162 Å². The molecule has 0 bridgehead atoms. The maximum atomic E-state index is 12.7. The Morgan fingerprint density at radius 2 is 1.21 bits per heavy atom. The lowest BCUT2D eigenvalue weighted by Gasteiger charge is -2.26. The van der Waals surface area contributed by atoms with Crippen LogP contribution in [0.15, 0.2) is 30.3 Å². The number of nitrogens with zero attached hydrogens (tertiary/aromatic N) is 2. The van der Waals surface area contributed by atoms with Gasteiger partial charge in [-0.1, -0.05) is 18.2 Å². The summed E-state index contributed by atoms with van der Waals surface area (Å²) in [4.78, 5) is 59.3. The summed E-state index contributed by atoms with van der Waals surface area (Å²) < 4.78 is 13.7. The topological polar surface area (TPSA) is 165 Å². The van der Waals surface area contributed by atoms with Crippen LogP contribution in [0, 0.1) is 20.2 Å². The van der Waals surface area contributed by atoms with Gasteiger partial charge >= 0.3 is 17.9 Å². The van der Waals surface area contributed by atoms with Crippen LogP contribution < -0.4 is 0 Å². The molecule has 0 aliphatic heterocycles. The molecule has 12 nitrogen and oxygen atoms in total. The van der Waals surface area contributed by atoms with E-state index < -0.39 is 50.1 Å². The van der Waals surface area contributed by atoms with Crippen molar-refractivity contribution in [2.75, 3.05) is 21.3 Å². The molecule has 0 aliphatic carbocycles. The fourth-order valence-electron chi connectivity index (χ4n) is 3.05. The second-order valence-corrected chi connectivity index (χ2v) is 5.57. The molecule has 0 amide bonds. The molecular formula is C17H14N2O10. The number of ether oxygens (including phenoxy) is 3. The molecule has 2 aromatic rings. The normalized spacial score (nSPS) is 10.9. The van der Waals surface area contributed by atoms with Gasteiger partial charge in [0.1, 0.15) is 0 Å². The molecule has 0 heterocycles. The van der Waals surface area contributed by atoms with Gasteiger partial charge in [0.15, 0.2) is 0 Å². The number of carbonyl (C=O) groups is 3. The van der Waals surface area contributed by atoms with Gasteiger partial charge in [0.05, 0.1) is 48.2 Å². The van der Waals surface area contributed by atoms with Crippen molar-refractivity contribution < 1.29 is 38.4 Å². The van der Waals surface area contributed by atoms with Crippen molar-refractivity contribution in [1.82, 2.24) is 0 Å². The Bertz CT molecular complexity index is 1010. The Balaban J connectivity index is 3.25. The van der Waals surface area contributed by atoms with Gasteiger partial charge in [-0.3, -0.25) is 20.2 Å². The predicted octanol–water partition coefficient (Wildman–Crippen LogP) is 1.41. The van der Waals surface area contributed by atoms with Crippen LogP contribution >= 0.6 is 0 Å². The lowest BCUT2D eigenvalue weighted by molar-refractivity contribution is -0.393. The third kappa shape index (κ3) is 3.09. The van der Waals surface area contributed by atoms with Crippen LogP contribution in [0.2, 0.25) is 0 Å². The highest BCUT2D eigenvalue weighted by molar-refractivity contribution is 6.27. The van der Waals surface area contributed by atoms with E-state index in [-0.39, 0.29) is 10.8 Å². The second kappa shape index (κ2) is 7.88. The minimum atomic E-state index is -3.05. The summed E-state index contributed by atoms with van der Waals surface area (Å²) >= 11 is 0. The first-order valence-electron chi connectivity index (χ1n) is 7.78. The van der Waals surface area contributed by atoms with Crippen molar-refractivity contribution in [2.45, 2.75) is 5.41 Å². The van der Waals surface area contributed by atoms with E-state index in [4.69, 9.17) is 0 Å². The molecule has 152 valence electrons. The quantitative estimate of drug-likeness (QED) is 0.225. The molecule has 0 atom stereocenters. The monoisotopic (exact) mass is 406 g/mol. The van der Waals surface area contributed by atoms with E-state index in [1.54, 1.807) is 0 Å². The molecule has 0 aromatic heterocycles. The van der Waals surface area contributed by atoms with E-state index in [1.165, 1.54) is 24.3 Å². The van der Waals surface area contributed by atoms with Crippen LogP contribution in [-0.4, -0.2) is 49.1 Å². The largest absolute Gasteiger partial charge is 0.467 e. The van der Waals surface area contributed by atoms with Crippen molar-refractivity contribution in [3.63, 3.8) is 0 Å². The van der Waals surface area contributed by atoms with Gasteiger partial charge < -0.3 is 14.2 Å². The van der Waals surface area contributed by atoms with Crippen LogP contribution in [0.25, 0.3) is 10.8 Å². The molecule has 0 fully saturated rings. The molecule has 0 unspecified atom stereocenters. The minimum absolute atomic E-state index is 0.154. The number of nitro groups is 2. The van der Waals surface area contributed by atoms with Crippen molar-refractivity contribution in [3.8, 4) is 0 Å². The highest BCUT2D eigenvalue weighted by Gasteiger charge is 2.62. The maximum absolute atomic E-state index is 12.7. The number of carbonyl (C=O) groups excluding carboxylic acids is 3. The molecule has 0 radical (unpaired) electrons. The number of rotatable bonds is 6. The van der Waals surface area contributed by atoms with Crippen LogP contribution in [-0.2, 0) is 34.0 Å². The standard InChI is InChI=1S/C17H14N2O10/c1-27-14(20)17(15(21)28-2,16(22)29-3)13-10-7-5-4-6-9(10)11(18(23)24)8-12(13)19(25)26/h4-8H,1-3H3. The summed E-state index contributed by atoms with van der Waals surface area (Å²) in [6.07, 6.45) is 0. The van der Waals surface area contributed by atoms with E-state index in [9.17, 15) is 34.6 Å². The first-order chi connectivity index (χ1) is 13.7. The summed E-state index contributed by atoms with van der Waals surface area (Å²) in [5.74, 6) is -4.55. The first-order valence-corrected chi connectivity index (χ1v) is 7.78. The molecule has 0 aliphatic rings. The Morgan fingerprint density at radius 1 is 0.793 bits per heavy atom. The Morgan fingerprint density at radius 3 is 1.59 bits per heavy atom. The van der Waals surface area contributed by atoms with Crippen LogP contribution in [0.1, 0.15) is 5.56 Å². The fourth-order valence-corrected chi connectivity index (χ4v) is 3.05. The number of hydrogen-bond donors (Lipinski definition) is 0. The number of benzene rings is 2. The molecule has 0 saturated heterocycles. The minimum Gasteiger partial charge on any atom is -0.467 e. The molecule has 0 saturated carbocycles. The number of methoxy groups -OCH3 is 3. The SMILES string of the molecule is COC(=O)C(C(=O)OC)(C(=O)OC)c1c([N+](=O)[O-])cc([N+](=O)[O-])c2ccccc12. The van der Waals surface area contributed by atoms with Gasteiger partial charge in [-0.2, -0.15) is 0 Å². The average molecular weight is 406 g/mol. The molecule has 12 heteroatoms. The summed E-state index contributed by atoms with van der Waals surface area (Å²) in [5, 5.41) is 22.8. The summed E-state index contributed by atoms with van der Waals surface area (Å²) in [7, 11) is 2.55. The van der Waals surface area contributed by atoms with Crippen LogP contribution in [0.3, 0.4) is 0 Å². The highest BCUT2D eigenvalue weighted by Crippen LogP contribution is 2.44. The average Bonchev–Trinajstić information content (AvgIpc) is 2.72. The van der Waals surface area contributed by atoms with Gasteiger partial charge in [-0.25, -0.2) is 14.4 Å². The van der Waals surface area contributed by atoms with Gasteiger partial charge in [-0.05, 0) is 6.07 Å². The van der Waals surface area contributed by atoms with Crippen molar-refractivity contribution in [3.05, 3.63) is 56.1 Å². The molecule has 2 aromatic carbocycles. The third-order valence-corrected chi connectivity index (χ3v) is 4.25. The molecule has 2 rings (SSSR count). The van der Waals surface area contributed by atoms with Crippen LogP contribution in [0.5, 0.6) is 0 Å². The van der Waals surface area contributed by atoms with E-state index in [2.05, 4.69) is 14.2 Å². The fraction of sp³-hybridized carbons (Fsp3) is 0.235. The van der Waals surface area contributed by atoms with Gasteiger partial charge in [0.2, 0.25) is 0 Å². The molecule has 0 N–H and O–H groups in total. The number of esters is 3. The van der Waals surface area contributed by atoms with Gasteiger partial charge in [-0.15, -0.1) is 0 Å². The second-order valence-electron chi connectivity index (χ2n) is 5.57. The summed E-state index contributed by atoms with van der Waals surface area (Å²) in [5.41, 5.74) is -5.49. The lowest BCUT2D eigenvalue weighted by atomic mass is 9.76. The zero-order valence-corrected chi connectivity index (χ0v) is 15.4. The maximum Gasteiger partial charge on any atom is 0.339 e. The summed E-state index contributed by atoms with van der Waals surface area (Å²) in [6, 6.07) is 5.75. The van der Waals surface area contributed by atoms with E-state index >= 15 is 0 Å². The smallest absolute Gasteiger partial charge is 0.339 e. The highest BCUT2D eigenvalue weighted by atomic mass is 16.6. The van der Waals surface area contributed by atoms with Gasteiger partial charge in [0.25, 0.3) is 16.8 Å². The number of fused-ring (bicyclic) bond motifs is 1. The number of hydrogen-bond acceptors (Lipinski definition) is 10. The first kappa shape index (κ1) is 21.2. The van der Waals surface area contributed by atoms with Crippen molar-refractivity contribution in [1.29, 1.82) is 0 Å². The van der Waals surface area contributed by atoms with E-state index in [0.29, 0.717) is 6.07 Å². The predicted molar refractivity (Wildman–Crippen MR) is 95.0 cm³/mol. The zero-order chi connectivity index (χ0) is 21.9. The van der Waals surface area contributed by atoms with E-state index in [1.807, 2.05) is 0 Å². The zero-order valence-electron chi connectivity index (χ0n) is 15.4. The summed E-state index contributed by atoms with van der Waals surface area (Å²) in [6.45, 7) is 0. The molecule has 29 heavy (non-hydrogen) atoms. The van der Waals surface area contributed by atoms with Crippen molar-refractivity contribution in [2.24, 2.45) is 0 Å². The Kier molecular flexibility index (Phi) is 5.76. The number of nitro benzene ring substituents is 2. The molecular weight excluding hydrogens is 392 g/mol. The van der Waals surface area contributed by atoms with Gasteiger partial charge in [0, 0.05) is 5.39 Å². The third-order valence-electron chi connectivity index (χ3n) is 4.25. The lowest BCUT2D eigenvalue weighted by Crippen LogP contribution is -2.53. The van der Waals surface area contributed by atoms with E-state index in [0.717, 1.165) is 21.3 Å². The van der Waals surface area contributed by atoms with Crippen LogP contribution in [0.4, 0.5) is 11.4 Å². The Hall–Kier alpha value is -4.09.